The Morgan fingerprint density at radius 1 is 0.731 bits per heavy atom. The number of rotatable bonds is 6. The van der Waals surface area contributed by atoms with Gasteiger partial charge in [-0.3, -0.25) is 0 Å². The number of hydrogen-bond acceptors (Lipinski definition) is 2. The number of H-pyrrole nitrogens is 1. The second kappa shape index (κ2) is 7.54. The number of ether oxygens (including phenoxy) is 2. The molecule has 1 N–H and O–H groups in total. The van der Waals surface area contributed by atoms with Gasteiger partial charge in [-0.05, 0) is 23.3 Å². The van der Waals surface area contributed by atoms with E-state index in [9.17, 15) is 0 Å². The lowest BCUT2D eigenvalue weighted by atomic mass is 10.2. The second-order valence-corrected chi connectivity index (χ2v) is 6.46. The van der Waals surface area contributed by atoms with Gasteiger partial charge < -0.3 is 14.5 Å². The Hall–Kier alpha value is -2.91. The molecule has 26 heavy (non-hydrogen) atoms. The number of halogens is 1. The lowest BCUT2D eigenvalue weighted by Gasteiger charge is -2.11. The molecule has 0 spiro atoms. The van der Waals surface area contributed by atoms with E-state index in [4.69, 9.17) is 21.1 Å². The molecule has 4 rings (SSSR count). The van der Waals surface area contributed by atoms with Crippen LogP contribution in [0.25, 0.3) is 10.9 Å². The highest BCUT2D eigenvalue weighted by atomic mass is 35.5. The van der Waals surface area contributed by atoms with Crippen LogP contribution in [0.4, 0.5) is 0 Å². The number of aromatic amines is 1. The van der Waals surface area contributed by atoms with Gasteiger partial charge in [0.1, 0.15) is 24.7 Å². The third kappa shape index (κ3) is 3.68. The molecule has 0 saturated carbocycles. The highest BCUT2D eigenvalue weighted by molar-refractivity contribution is 6.31. The summed E-state index contributed by atoms with van der Waals surface area (Å²) in [6, 6.07) is 23.8. The van der Waals surface area contributed by atoms with Crippen LogP contribution in [0.1, 0.15) is 11.1 Å². The molecule has 0 unspecified atom stereocenters. The van der Waals surface area contributed by atoms with Crippen molar-refractivity contribution in [2.24, 2.45) is 0 Å². The number of nitrogens with one attached hydrogen (secondary N) is 1. The largest absolute Gasteiger partial charge is 0.488 e. The smallest absolute Gasteiger partial charge is 0.148 e. The number of fused-ring (bicyclic) bond motifs is 1. The van der Waals surface area contributed by atoms with E-state index in [1.54, 1.807) is 0 Å². The van der Waals surface area contributed by atoms with Crippen molar-refractivity contribution in [1.82, 2.24) is 4.98 Å². The summed E-state index contributed by atoms with van der Waals surface area (Å²) in [5.41, 5.74) is 3.11. The molecule has 0 amide bonds. The van der Waals surface area contributed by atoms with Gasteiger partial charge in [0.15, 0.2) is 0 Å². The fraction of sp³-hybridized carbons (Fsp3) is 0.0909. The normalized spacial score (nSPS) is 10.8. The molecule has 3 aromatic carbocycles. The molecule has 4 heteroatoms. The predicted molar refractivity (Wildman–Crippen MR) is 105 cm³/mol. The zero-order valence-corrected chi connectivity index (χ0v) is 14.9. The van der Waals surface area contributed by atoms with Crippen molar-refractivity contribution in [3.63, 3.8) is 0 Å². The zero-order valence-electron chi connectivity index (χ0n) is 14.1. The van der Waals surface area contributed by atoms with Gasteiger partial charge in [0, 0.05) is 11.2 Å². The summed E-state index contributed by atoms with van der Waals surface area (Å²) >= 11 is 6.25. The van der Waals surface area contributed by atoms with Crippen LogP contribution in [0, 0.1) is 0 Å². The monoisotopic (exact) mass is 363 g/mol. The maximum Gasteiger partial charge on any atom is 0.148 e. The Balaban J connectivity index is 1.60. The van der Waals surface area contributed by atoms with Crippen molar-refractivity contribution in [2.45, 2.75) is 13.2 Å². The minimum atomic E-state index is 0.472. The Kier molecular flexibility index (Phi) is 4.80. The van der Waals surface area contributed by atoms with Crippen molar-refractivity contribution < 1.29 is 9.47 Å². The average Bonchev–Trinajstić information content (AvgIpc) is 3.09. The molecule has 0 atom stereocenters. The summed E-state index contributed by atoms with van der Waals surface area (Å²) in [5.74, 6) is 1.46. The summed E-state index contributed by atoms with van der Waals surface area (Å²) in [6.07, 6.45) is 1.85. The first-order valence-corrected chi connectivity index (χ1v) is 8.81. The molecule has 0 saturated heterocycles. The maximum atomic E-state index is 6.25. The molecule has 3 nitrogen and oxygen atoms in total. The van der Waals surface area contributed by atoms with Gasteiger partial charge >= 0.3 is 0 Å². The van der Waals surface area contributed by atoms with Crippen LogP contribution >= 0.6 is 11.6 Å². The second-order valence-electron chi connectivity index (χ2n) is 6.03. The van der Waals surface area contributed by atoms with Gasteiger partial charge in [0.2, 0.25) is 0 Å². The highest BCUT2D eigenvalue weighted by Gasteiger charge is 2.13. The Labute approximate surface area is 157 Å². The summed E-state index contributed by atoms with van der Waals surface area (Å²) in [5, 5.41) is 1.53. The molecule has 0 aliphatic rings. The molecule has 0 radical (unpaired) electrons. The Bertz CT molecular complexity index is 997. The lowest BCUT2D eigenvalue weighted by Crippen LogP contribution is -1.97. The highest BCUT2D eigenvalue weighted by Crippen LogP contribution is 2.37. The van der Waals surface area contributed by atoms with Gasteiger partial charge in [-0.25, -0.2) is 0 Å². The molecular weight excluding hydrogens is 346 g/mol. The van der Waals surface area contributed by atoms with Gasteiger partial charge in [0.05, 0.1) is 10.9 Å². The van der Waals surface area contributed by atoms with Crippen LogP contribution in [-0.4, -0.2) is 4.98 Å². The van der Waals surface area contributed by atoms with E-state index < -0.39 is 0 Å². The molecule has 0 aliphatic carbocycles. The molecule has 0 bridgehead atoms. The quantitative estimate of drug-likeness (QED) is 0.457. The van der Waals surface area contributed by atoms with E-state index in [1.165, 1.54) is 0 Å². The summed E-state index contributed by atoms with van der Waals surface area (Å²) in [6.45, 7) is 0.966. The Morgan fingerprint density at radius 3 is 1.92 bits per heavy atom. The summed E-state index contributed by atoms with van der Waals surface area (Å²) in [7, 11) is 0. The first kappa shape index (κ1) is 16.6. The van der Waals surface area contributed by atoms with E-state index in [1.807, 2.05) is 79.0 Å². The molecule has 0 fully saturated rings. The van der Waals surface area contributed by atoms with Crippen LogP contribution in [0.5, 0.6) is 11.5 Å². The molecule has 1 aromatic heterocycles. The third-order valence-corrected chi connectivity index (χ3v) is 4.36. The van der Waals surface area contributed by atoms with Crippen LogP contribution in [0.3, 0.4) is 0 Å². The summed E-state index contributed by atoms with van der Waals surface area (Å²) < 4.78 is 12.1. The van der Waals surface area contributed by atoms with Crippen LogP contribution in [0.15, 0.2) is 79.0 Å². The topological polar surface area (TPSA) is 34.2 Å². The van der Waals surface area contributed by atoms with Crippen molar-refractivity contribution >= 4 is 22.5 Å². The predicted octanol–water partition coefficient (Wildman–Crippen LogP) is 5.98. The van der Waals surface area contributed by atoms with Gasteiger partial charge in [-0.1, -0.05) is 72.3 Å². The molecule has 4 aromatic rings. The standard InChI is InChI=1S/C22H18ClNO2/c23-18-11-19-22(20(12-18)25-14-16-7-3-1-4-8-16)21(13-24-19)26-15-17-9-5-2-6-10-17/h1-13,24H,14-15H2. The minimum Gasteiger partial charge on any atom is -0.488 e. The van der Waals surface area contributed by atoms with Crippen molar-refractivity contribution in [2.75, 3.05) is 0 Å². The fourth-order valence-corrected chi connectivity index (χ4v) is 3.07. The van der Waals surface area contributed by atoms with E-state index in [2.05, 4.69) is 4.98 Å². The summed E-state index contributed by atoms with van der Waals surface area (Å²) in [4.78, 5) is 3.21. The fourth-order valence-electron chi connectivity index (χ4n) is 2.86. The molecule has 0 aliphatic heterocycles. The lowest BCUT2D eigenvalue weighted by molar-refractivity contribution is 0.298. The third-order valence-electron chi connectivity index (χ3n) is 4.15. The van der Waals surface area contributed by atoms with Crippen LogP contribution in [-0.2, 0) is 13.2 Å². The minimum absolute atomic E-state index is 0.472. The van der Waals surface area contributed by atoms with Crippen molar-refractivity contribution in [3.05, 3.63) is 95.1 Å². The van der Waals surface area contributed by atoms with E-state index in [-0.39, 0.29) is 0 Å². The number of benzene rings is 3. The van der Waals surface area contributed by atoms with Crippen LogP contribution in [0.2, 0.25) is 5.02 Å². The van der Waals surface area contributed by atoms with Crippen molar-refractivity contribution in [3.8, 4) is 11.5 Å². The average molecular weight is 364 g/mol. The van der Waals surface area contributed by atoms with Crippen LogP contribution < -0.4 is 9.47 Å². The first-order chi connectivity index (χ1) is 12.8. The molecule has 130 valence electrons. The molecular formula is C22H18ClNO2. The maximum absolute atomic E-state index is 6.25. The zero-order chi connectivity index (χ0) is 17.8. The SMILES string of the molecule is Clc1cc(OCc2ccccc2)c2c(OCc3ccccc3)c[nH]c2c1. The van der Waals surface area contributed by atoms with Crippen molar-refractivity contribution in [1.29, 1.82) is 0 Å². The molecule has 1 heterocycles. The van der Waals surface area contributed by atoms with E-state index in [0.29, 0.717) is 24.0 Å². The van der Waals surface area contributed by atoms with Gasteiger partial charge in [-0.2, -0.15) is 0 Å². The Morgan fingerprint density at radius 2 is 1.31 bits per heavy atom. The first-order valence-electron chi connectivity index (χ1n) is 8.44. The van der Waals surface area contributed by atoms with Gasteiger partial charge in [-0.15, -0.1) is 0 Å². The number of aromatic nitrogens is 1. The van der Waals surface area contributed by atoms with E-state index in [0.717, 1.165) is 27.8 Å². The van der Waals surface area contributed by atoms with E-state index >= 15 is 0 Å². The van der Waals surface area contributed by atoms with Gasteiger partial charge in [0.25, 0.3) is 0 Å². The number of hydrogen-bond donors (Lipinski definition) is 1.